The Morgan fingerprint density at radius 1 is 1.31 bits per heavy atom. The van der Waals surface area contributed by atoms with Crippen LogP contribution < -0.4 is 10.2 Å². The molecule has 7 nitrogen and oxygen atoms in total. The van der Waals surface area contributed by atoms with E-state index in [2.05, 4.69) is 26.7 Å². The number of piperidine rings is 1. The highest BCUT2D eigenvalue weighted by Crippen LogP contribution is 2.41. The Kier molecular flexibility index (Phi) is 9.19. The first kappa shape index (κ1) is 26.8. The number of hydrogen-bond acceptors (Lipinski definition) is 7. The molecule has 0 saturated carbocycles. The number of carbonyl (C=O) groups excluding carboxylic acids is 1. The Morgan fingerprint density at radius 2 is 2.11 bits per heavy atom. The first-order valence-corrected chi connectivity index (χ1v) is 13.8. The van der Waals surface area contributed by atoms with E-state index in [1.807, 2.05) is 23.7 Å². The Hall–Kier alpha value is -2.23. The van der Waals surface area contributed by atoms with Crippen molar-refractivity contribution in [1.82, 2.24) is 15.4 Å². The molecular formula is C27H34ClN3O4S. The maximum absolute atomic E-state index is 12.8. The number of thiophene rings is 1. The number of amides is 1. The number of rotatable bonds is 11. The number of nitrogens with one attached hydrogen (secondary N) is 1. The second-order valence-electron chi connectivity index (χ2n) is 9.61. The van der Waals surface area contributed by atoms with Crippen molar-refractivity contribution in [1.29, 1.82) is 0 Å². The van der Waals surface area contributed by atoms with Crippen molar-refractivity contribution in [3.05, 3.63) is 57.4 Å². The van der Waals surface area contributed by atoms with E-state index in [9.17, 15) is 15.1 Å². The Bertz CT molecular complexity index is 1150. The standard InChI is InChI=1S/C27H34ClN3O4S/c1-35-20-5-6-23-21(16-20)25(22(28)17-29-23)24(32)7-9-27(26(33)30-34)10-13-31(14-11-27)12-3-2-4-19-8-15-36-18-19/h5-6,8,15-18,24,32,34H,2-4,7,9-14H2,1H3,(H,30,33)/t24-/m1/s1. The van der Waals surface area contributed by atoms with Crippen molar-refractivity contribution in [2.75, 3.05) is 26.7 Å². The van der Waals surface area contributed by atoms with Gasteiger partial charge in [-0.3, -0.25) is 15.0 Å². The quantitative estimate of drug-likeness (QED) is 0.175. The summed E-state index contributed by atoms with van der Waals surface area (Å²) in [5.74, 6) is 0.276. The number of benzene rings is 1. The van der Waals surface area contributed by atoms with E-state index in [1.165, 1.54) is 5.56 Å². The number of unbranched alkanes of at least 4 members (excludes halogenated alkanes) is 1. The summed E-state index contributed by atoms with van der Waals surface area (Å²) in [5, 5.41) is 26.1. The molecule has 3 aromatic rings. The fourth-order valence-corrected chi connectivity index (χ4v) is 6.18. The van der Waals surface area contributed by atoms with Gasteiger partial charge in [0.1, 0.15) is 5.75 Å². The number of halogens is 1. The molecule has 0 unspecified atom stereocenters. The first-order chi connectivity index (χ1) is 17.5. The van der Waals surface area contributed by atoms with Crippen LogP contribution in [-0.4, -0.2) is 52.8 Å². The minimum Gasteiger partial charge on any atom is -0.497 e. The molecule has 0 aliphatic carbocycles. The summed E-state index contributed by atoms with van der Waals surface area (Å²) in [6.45, 7) is 2.58. The van der Waals surface area contributed by atoms with Crippen LogP contribution >= 0.6 is 22.9 Å². The second-order valence-corrected chi connectivity index (χ2v) is 10.8. The van der Waals surface area contributed by atoms with Crippen LogP contribution in [0.25, 0.3) is 10.9 Å². The van der Waals surface area contributed by atoms with Gasteiger partial charge in [-0.1, -0.05) is 11.6 Å². The lowest BCUT2D eigenvalue weighted by Gasteiger charge is -2.40. The molecule has 1 fully saturated rings. The fourth-order valence-electron chi connectivity index (χ4n) is 5.20. The third kappa shape index (κ3) is 6.18. The van der Waals surface area contributed by atoms with Crippen LogP contribution in [0.3, 0.4) is 0 Å². The van der Waals surface area contributed by atoms with E-state index in [0.29, 0.717) is 47.5 Å². The molecule has 0 spiro atoms. The van der Waals surface area contributed by atoms with E-state index < -0.39 is 11.5 Å². The molecule has 194 valence electrons. The monoisotopic (exact) mass is 531 g/mol. The summed E-state index contributed by atoms with van der Waals surface area (Å²) in [6, 6.07) is 7.65. The number of pyridine rings is 1. The number of likely N-dealkylation sites (tertiary alicyclic amines) is 1. The molecule has 0 bridgehead atoms. The number of aliphatic hydroxyl groups excluding tert-OH is 1. The molecule has 4 rings (SSSR count). The summed E-state index contributed by atoms with van der Waals surface area (Å²) in [6.07, 6.45) is 6.07. The average molecular weight is 532 g/mol. The van der Waals surface area contributed by atoms with Crippen molar-refractivity contribution in [3.63, 3.8) is 0 Å². The van der Waals surface area contributed by atoms with E-state index in [0.717, 1.165) is 44.3 Å². The first-order valence-electron chi connectivity index (χ1n) is 12.4. The van der Waals surface area contributed by atoms with E-state index >= 15 is 0 Å². The van der Waals surface area contributed by atoms with E-state index in [-0.39, 0.29) is 5.91 Å². The van der Waals surface area contributed by atoms with Crippen LogP contribution in [0.4, 0.5) is 0 Å². The van der Waals surface area contributed by atoms with Gasteiger partial charge in [0.25, 0.3) is 0 Å². The maximum Gasteiger partial charge on any atom is 0.249 e. The van der Waals surface area contributed by atoms with Crippen LogP contribution in [0.1, 0.15) is 55.8 Å². The molecular weight excluding hydrogens is 498 g/mol. The number of nitrogens with zero attached hydrogens (tertiary/aromatic N) is 2. The largest absolute Gasteiger partial charge is 0.497 e. The van der Waals surface area contributed by atoms with Crippen molar-refractivity contribution in [2.24, 2.45) is 5.41 Å². The molecule has 1 aromatic carbocycles. The normalized spacial score (nSPS) is 16.7. The molecule has 3 heterocycles. The molecule has 1 atom stereocenters. The van der Waals surface area contributed by atoms with Crippen molar-refractivity contribution < 1.29 is 19.8 Å². The Morgan fingerprint density at radius 3 is 2.81 bits per heavy atom. The van der Waals surface area contributed by atoms with Crippen molar-refractivity contribution in [3.8, 4) is 5.75 Å². The summed E-state index contributed by atoms with van der Waals surface area (Å²) >= 11 is 8.20. The number of aryl methyl sites for hydroxylation is 1. The van der Waals surface area contributed by atoms with Gasteiger partial charge in [0, 0.05) is 17.1 Å². The van der Waals surface area contributed by atoms with Gasteiger partial charge in [-0.15, -0.1) is 0 Å². The van der Waals surface area contributed by atoms with Crippen LogP contribution in [0.5, 0.6) is 5.75 Å². The number of aliphatic hydroxyl groups is 1. The summed E-state index contributed by atoms with van der Waals surface area (Å²) < 4.78 is 5.34. The van der Waals surface area contributed by atoms with E-state index in [4.69, 9.17) is 16.3 Å². The molecule has 1 amide bonds. The second kappa shape index (κ2) is 12.3. The SMILES string of the molecule is COc1ccc2ncc(Cl)c([C@H](O)CCC3(C(=O)NO)CCN(CCCCc4ccsc4)CC3)c2c1. The molecule has 1 aliphatic heterocycles. The van der Waals surface area contributed by atoms with Gasteiger partial charge in [0.15, 0.2) is 0 Å². The smallest absolute Gasteiger partial charge is 0.249 e. The van der Waals surface area contributed by atoms with Crippen LogP contribution in [0.15, 0.2) is 41.2 Å². The third-order valence-electron chi connectivity index (χ3n) is 7.46. The number of methoxy groups -OCH3 is 1. The number of hydroxylamine groups is 1. The molecule has 2 aromatic heterocycles. The lowest BCUT2D eigenvalue weighted by atomic mass is 9.73. The summed E-state index contributed by atoms with van der Waals surface area (Å²) in [5.41, 5.74) is 3.86. The van der Waals surface area contributed by atoms with Gasteiger partial charge in [-0.05, 0) is 105 Å². The highest BCUT2D eigenvalue weighted by Gasteiger charge is 2.41. The van der Waals surface area contributed by atoms with Crippen molar-refractivity contribution >= 4 is 39.7 Å². The summed E-state index contributed by atoms with van der Waals surface area (Å²) in [7, 11) is 1.59. The van der Waals surface area contributed by atoms with Crippen LogP contribution in [0, 0.1) is 5.41 Å². The Balaban J connectivity index is 1.38. The van der Waals surface area contributed by atoms with Gasteiger partial charge < -0.3 is 14.7 Å². The molecule has 0 radical (unpaired) electrons. The zero-order valence-corrected chi connectivity index (χ0v) is 22.2. The topological polar surface area (TPSA) is 94.9 Å². The van der Waals surface area contributed by atoms with Gasteiger partial charge in [-0.2, -0.15) is 11.3 Å². The average Bonchev–Trinajstić information content (AvgIpc) is 3.43. The number of fused-ring (bicyclic) bond motifs is 1. The van der Waals surface area contributed by atoms with Crippen LogP contribution in [0.2, 0.25) is 5.02 Å². The lowest BCUT2D eigenvalue weighted by molar-refractivity contribution is -0.143. The molecule has 1 saturated heterocycles. The number of aromatic nitrogens is 1. The molecule has 36 heavy (non-hydrogen) atoms. The fraction of sp³-hybridized carbons (Fsp3) is 0.481. The maximum atomic E-state index is 12.8. The van der Waals surface area contributed by atoms with E-state index in [1.54, 1.807) is 24.6 Å². The lowest BCUT2D eigenvalue weighted by Crippen LogP contribution is -2.48. The van der Waals surface area contributed by atoms with Gasteiger partial charge in [0.05, 0.1) is 29.2 Å². The van der Waals surface area contributed by atoms with Gasteiger partial charge in [-0.25, -0.2) is 5.48 Å². The highest BCUT2D eigenvalue weighted by atomic mass is 35.5. The summed E-state index contributed by atoms with van der Waals surface area (Å²) in [4.78, 5) is 19.5. The zero-order valence-electron chi connectivity index (χ0n) is 20.6. The van der Waals surface area contributed by atoms with Crippen LogP contribution in [-0.2, 0) is 11.2 Å². The highest BCUT2D eigenvalue weighted by molar-refractivity contribution is 7.07. The van der Waals surface area contributed by atoms with Gasteiger partial charge in [0.2, 0.25) is 5.91 Å². The minimum absolute atomic E-state index is 0.337. The predicted molar refractivity (Wildman–Crippen MR) is 143 cm³/mol. The Labute approximate surface area is 221 Å². The molecule has 3 N–H and O–H groups in total. The van der Waals surface area contributed by atoms with Crippen molar-refractivity contribution in [2.45, 2.75) is 51.0 Å². The molecule has 1 aliphatic rings. The number of hydrogen-bond donors (Lipinski definition) is 3. The van der Waals surface area contributed by atoms with Gasteiger partial charge >= 0.3 is 0 Å². The number of ether oxygens (including phenoxy) is 1. The predicted octanol–water partition coefficient (Wildman–Crippen LogP) is 5.38. The zero-order chi connectivity index (χ0) is 25.5. The number of carbonyl (C=O) groups is 1. The molecule has 9 heteroatoms. The third-order valence-corrected chi connectivity index (χ3v) is 8.50. The minimum atomic E-state index is -0.881.